The van der Waals surface area contributed by atoms with Gasteiger partial charge >= 0.3 is 0 Å². The van der Waals surface area contributed by atoms with Gasteiger partial charge in [0.2, 0.25) is 11.7 Å². The van der Waals surface area contributed by atoms with Crippen LogP contribution in [0.15, 0.2) is 82.2 Å². The molecule has 0 fully saturated rings. The summed E-state index contributed by atoms with van der Waals surface area (Å²) >= 11 is 0. The van der Waals surface area contributed by atoms with Crippen molar-refractivity contribution in [1.29, 1.82) is 5.26 Å². The van der Waals surface area contributed by atoms with Crippen molar-refractivity contribution in [3.63, 3.8) is 0 Å². The van der Waals surface area contributed by atoms with Crippen LogP contribution in [0.4, 0.5) is 5.69 Å². The molecule has 0 atom stereocenters. The van der Waals surface area contributed by atoms with Gasteiger partial charge in [0.15, 0.2) is 0 Å². The van der Waals surface area contributed by atoms with Crippen molar-refractivity contribution >= 4 is 11.6 Å². The highest BCUT2D eigenvalue weighted by Crippen LogP contribution is 2.19. The van der Waals surface area contributed by atoms with E-state index in [0.717, 1.165) is 5.56 Å². The number of hydrogen-bond donors (Lipinski definition) is 1. The number of benzene rings is 2. The van der Waals surface area contributed by atoms with Crippen molar-refractivity contribution in [1.82, 2.24) is 14.7 Å². The predicted octanol–water partition coefficient (Wildman–Crippen LogP) is 3.08. The summed E-state index contributed by atoms with van der Waals surface area (Å²) in [5.74, 6) is 0.0779. The van der Waals surface area contributed by atoms with Crippen molar-refractivity contribution < 1.29 is 9.32 Å². The third kappa shape index (κ3) is 4.00. The highest BCUT2D eigenvalue weighted by atomic mass is 16.5. The summed E-state index contributed by atoms with van der Waals surface area (Å²) in [6, 6.07) is 20.9. The van der Waals surface area contributed by atoms with Gasteiger partial charge in [-0.15, -0.1) is 0 Å². The lowest BCUT2D eigenvalue weighted by atomic mass is 10.2. The summed E-state index contributed by atoms with van der Waals surface area (Å²) in [7, 11) is 0. The van der Waals surface area contributed by atoms with Crippen LogP contribution in [0.5, 0.6) is 0 Å². The van der Waals surface area contributed by atoms with Gasteiger partial charge in [-0.2, -0.15) is 10.2 Å². The molecule has 0 aliphatic rings. The molecule has 0 unspecified atom stereocenters. The molecule has 0 aliphatic heterocycles. The van der Waals surface area contributed by atoms with Crippen LogP contribution in [-0.2, 0) is 11.3 Å². The summed E-state index contributed by atoms with van der Waals surface area (Å²) in [4.78, 5) is 29.4. The van der Waals surface area contributed by atoms with E-state index in [1.807, 2.05) is 36.4 Å². The first kappa shape index (κ1) is 18.8. The average Bonchev–Trinajstić information content (AvgIpc) is 3.26. The minimum absolute atomic E-state index is 0.0840. The molecular weight excluding hydrogens is 382 g/mol. The summed E-state index contributed by atoms with van der Waals surface area (Å²) in [6.07, 6.45) is 1.51. The van der Waals surface area contributed by atoms with Crippen LogP contribution < -0.4 is 10.9 Å². The van der Waals surface area contributed by atoms with Crippen LogP contribution in [0, 0.1) is 11.3 Å². The van der Waals surface area contributed by atoms with Gasteiger partial charge in [-0.1, -0.05) is 35.5 Å². The molecule has 4 rings (SSSR count). The van der Waals surface area contributed by atoms with E-state index >= 15 is 0 Å². The van der Waals surface area contributed by atoms with Crippen molar-refractivity contribution in [3.05, 3.63) is 88.8 Å². The summed E-state index contributed by atoms with van der Waals surface area (Å²) in [6.45, 7) is -0.188. The van der Waals surface area contributed by atoms with Crippen molar-refractivity contribution in [2.45, 2.75) is 6.54 Å². The van der Waals surface area contributed by atoms with Crippen LogP contribution >= 0.6 is 0 Å². The Kier molecular flexibility index (Phi) is 5.17. The lowest BCUT2D eigenvalue weighted by molar-refractivity contribution is -0.116. The zero-order valence-corrected chi connectivity index (χ0v) is 15.6. The maximum absolute atomic E-state index is 12.8. The number of carbonyl (C=O) groups is 1. The Morgan fingerprint density at radius 2 is 1.83 bits per heavy atom. The van der Waals surface area contributed by atoms with Gasteiger partial charge in [0.1, 0.15) is 12.1 Å². The number of amides is 1. The second-order valence-corrected chi connectivity index (χ2v) is 6.38. The second-order valence-electron chi connectivity index (χ2n) is 6.38. The molecule has 2 heterocycles. The monoisotopic (exact) mass is 397 g/mol. The van der Waals surface area contributed by atoms with Crippen LogP contribution in [0.3, 0.4) is 0 Å². The van der Waals surface area contributed by atoms with E-state index in [4.69, 9.17) is 9.78 Å². The van der Waals surface area contributed by atoms with Crippen molar-refractivity contribution in [2.24, 2.45) is 0 Å². The lowest BCUT2D eigenvalue weighted by Crippen LogP contribution is -2.28. The van der Waals surface area contributed by atoms with Gasteiger partial charge in [-0.3, -0.25) is 9.59 Å². The fourth-order valence-corrected chi connectivity index (χ4v) is 2.84. The molecule has 0 saturated carbocycles. The number of anilines is 1. The highest BCUT2D eigenvalue weighted by Gasteiger charge is 2.16. The quantitative estimate of drug-likeness (QED) is 0.554. The Bertz CT molecular complexity index is 1280. The molecule has 146 valence electrons. The van der Waals surface area contributed by atoms with Crippen molar-refractivity contribution in [2.75, 3.05) is 5.32 Å². The Hall–Kier alpha value is -4.51. The number of nitrogens with one attached hydrogen (secondary N) is 1. The summed E-state index contributed by atoms with van der Waals surface area (Å²) < 4.78 is 6.53. The van der Waals surface area contributed by atoms with Crippen LogP contribution in [0.25, 0.3) is 22.8 Å². The van der Waals surface area contributed by atoms with Gasteiger partial charge in [-0.25, -0.2) is 0 Å². The molecule has 30 heavy (non-hydrogen) atoms. The number of rotatable bonds is 5. The van der Waals surface area contributed by atoms with E-state index in [1.54, 1.807) is 36.4 Å². The minimum atomic E-state index is -0.421. The van der Waals surface area contributed by atoms with Gasteiger partial charge in [0.25, 0.3) is 11.4 Å². The second kappa shape index (κ2) is 8.24. The first-order valence-corrected chi connectivity index (χ1v) is 9.03. The molecule has 0 bridgehead atoms. The van der Waals surface area contributed by atoms with E-state index in [1.165, 1.54) is 10.8 Å². The molecule has 0 saturated heterocycles. The fraction of sp³-hybridized carbons (Fsp3) is 0.0455. The van der Waals surface area contributed by atoms with Gasteiger partial charge in [0.05, 0.1) is 11.6 Å². The van der Waals surface area contributed by atoms with Crippen LogP contribution in [-0.4, -0.2) is 20.6 Å². The number of pyridine rings is 1. The number of hydrogen-bond acceptors (Lipinski definition) is 6. The normalized spacial score (nSPS) is 10.4. The Balaban J connectivity index is 1.53. The zero-order valence-electron chi connectivity index (χ0n) is 15.6. The van der Waals surface area contributed by atoms with Gasteiger partial charge in [0, 0.05) is 17.4 Å². The van der Waals surface area contributed by atoms with E-state index in [-0.39, 0.29) is 23.9 Å². The van der Waals surface area contributed by atoms with Crippen molar-refractivity contribution in [3.8, 4) is 28.9 Å². The Morgan fingerprint density at radius 3 is 2.57 bits per heavy atom. The highest BCUT2D eigenvalue weighted by molar-refractivity contribution is 5.90. The number of nitriles is 1. The van der Waals surface area contributed by atoms with E-state index < -0.39 is 5.56 Å². The van der Waals surface area contributed by atoms with E-state index in [2.05, 4.69) is 15.5 Å². The summed E-state index contributed by atoms with van der Waals surface area (Å²) in [5, 5.41) is 15.5. The maximum Gasteiger partial charge on any atom is 0.263 e. The third-order valence-electron chi connectivity index (χ3n) is 4.32. The molecule has 2 aromatic carbocycles. The molecule has 0 spiro atoms. The summed E-state index contributed by atoms with van der Waals surface area (Å²) in [5.41, 5.74) is 1.58. The topological polar surface area (TPSA) is 114 Å². The zero-order chi connectivity index (χ0) is 20.9. The van der Waals surface area contributed by atoms with Gasteiger partial charge in [-0.05, 0) is 36.4 Å². The number of aromatic nitrogens is 3. The number of carbonyl (C=O) groups excluding carboxylic acids is 1. The molecule has 0 aliphatic carbocycles. The molecule has 8 nitrogen and oxygen atoms in total. The third-order valence-corrected chi connectivity index (χ3v) is 4.32. The van der Waals surface area contributed by atoms with Crippen LogP contribution in [0.2, 0.25) is 0 Å². The maximum atomic E-state index is 12.8. The molecule has 1 N–H and O–H groups in total. The molecule has 0 radical (unpaired) electrons. The standard InChI is InChI=1S/C22H15N5O3/c23-13-15-8-10-17(11-9-15)24-19(28)14-27-12-4-7-18(22(27)29)21-25-20(26-30-21)16-5-2-1-3-6-16/h1-12H,14H2,(H,24,28). The first-order chi connectivity index (χ1) is 14.6. The Morgan fingerprint density at radius 1 is 1.07 bits per heavy atom. The first-order valence-electron chi connectivity index (χ1n) is 9.03. The molecule has 8 heteroatoms. The number of nitrogens with zero attached hydrogens (tertiary/aromatic N) is 4. The largest absolute Gasteiger partial charge is 0.333 e. The van der Waals surface area contributed by atoms with E-state index in [9.17, 15) is 9.59 Å². The van der Waals surface area contributed by atoms with E-state index in [0.29, 0.717) is 17.1 Å². The molecule has 4 aromatic rings. The fourth-order valence-electron chi connectivity index (χ4n) is 2.84. The minimum Gasteiger partial charge on any atom is -0.333 e. The molecular formula is C22H15N5O3. The molecule has 1 amide bonds. The SMILES string of the molecule is N#Cc1ccc(NC(=O)Cn2cccc(-c3nc(-c4ccccc4)no3)c2=O)cc1. The Labute approximate surface area is 171 Å². The van der Waals surface area contributed by atoms with Crippen LogP contribution in [0.1, 0.15) is 5.56 Å². The lowest BCUT2D eigenvalue weighted by Gasteiger charge is -2.08. The predicted molar refractivity (Wildman–Crippen MR) is 109 cm³/mol. The molecule has 2 aromatic heterocycles. The van der Waals surface area contributed by atoms with Gasteiger partial charge < -0.3 is 14.4 Å². The average molecular weight is 397 g/mol. The smallest absolute Gasteiger partial charge is 0.263 e.